The van der Waals surface area contributed by atoms with E-state index in [0.29, 0.717) is 0 Å². The number of nitrogens with zero attached hydrogens (tertiary/aromatic N) is 1. The minimum Gasteiger partial charge on any atom is -0.454 e. The zero-order valence-corrected chi connectivity index (χ0v) is 11.1. The van der Waals surface area contributed by atoms with Crippen molar-refractivity contribution in [3.8, 4) is 22.8 Å². The fourth-order valence-corrected chi connectivity index (χ4v) is 2.62. The molecule has 5 heteroatoms. The van der Waals surface area contributed by atoms with Gasteiger partial charge in [0.15, 0.2) is 11.5 Å². The molecule has 1 aliphatic heterocycles. The second-order valence-electron chi connectivity index (χ2n) is 4.83. The van der Waals surface area contributed by atoms with Crippen molar-refractivity contribution >= 4 is 11.3 Å². The third-order valence-electron chi connectivity index (χ3n) is 2.72. The van der Waals surface area contributed by atoms with Gasteiger partial charge in [-0.1, -0.05) is 0 Å². The van der Waals surface area contributed by atoms with Crippen molar-refractivity contribution in [1.29, 1.82) is 0 Å². The summed E-state index contributed by atoms with van der Waals surface area (Å²) in [6.45, 7) is 4.20. The van der Waals surface area contributed by atoms with Crippen molar-refractivity contribution in [2.45, 2.75) is 19.4 Å². The number of rotatable bonds is 2. The first-order chi connectivity index (χ1) is 8.54. The van der Waals surface area contributed by atoms with Gasteiger partial charge >= 0.3 is 0 Å². The minimum absolute atomic E-state index is 0.289. The Bertz CT molecular complexity index is 587. The molecule has 0 aliphatic carbocycles. The van der Waals surface area contributed by atoms with Crippen LogP contribution >= 0.6 is 11.3 Å². The highest BCUT2D eigenvalue weighted by atomic mass is 32.1. The van der Waals surface area contributed by atoms with Gasteiger partial charge in [-0.3, -0.25) is 0 Å². The lowest BCUT2D eigenvalue weighted by Gasteiger charge is -2.13. The Kier molecular flexibility index (Phi) is 2.53. The molecule has 4 nitrogen and oxygen atoms in total. The Morgan fingerprint density at radius 2 is 2.06 bits per heavy atom. The van der Waals surface area contributed by atoms with Crippen LogP contribution in [0, 0.1) is 0 Å². The van der Waals surface area contributed by atoms with Crippen LogP contribution in [-0.4, -0.2) is 11.8 Å². The van der Waals surface area contributed by atoms with Crippen LogP contribution in [0.3, 0.4) is 0 Å². The van der Waals surface area contributed by atoms with Crippen molar-refractivity contribution < 1.29 is 9.47 Å². The average molecular weight is 262 g/mol. The predicted octanol–water partition coefficient (Wildman–Crippen LogP) is 2.73. The molecular formula is C13H14N2O2S. The Balaban J connectivity index is 1.98. The van der Waals surface area contributed by atoms with Crippen LogP contribution in [0.2, 0.25) is 0 Å². The molecule has 0 bridgehead atoms. The molecule has 0 saturated heterocycles. The lowest BCUT2D eigenvalue weighted by molar-refractivity contribution is 0.174. The van der Waals surface area contributed by atoms with E-state index in [1.165, 1.54) is 0 Å². The van der Waals surface area contributed by atoms with Gasteiger partial charge in [-0.15, -0.1) is 11.3 Å². The Hall–Kier alpha value is -1.59. The van der Waals surface area contributed by atoms with E-state index in [-0.39, 0.29) is 6.79 Å². The predicted molar refractivity (Wildman–Crippen MR) is 70.9 cm³/mol. The van der Waals surface area contributed by atoms with Gasteiger partial charge < -0.3 is 15.2 Å². The van der Waals surface area contributed by atoms with Gasteiger partial charge in [0.1, 0.15) is 5.01 Å². The van der Waals surface area contributed by atoms with Gasteiger partial charge in [-0.2, -0.15) is 0 Å². The molecule has 1 aromatic carbocycles. The van der Waals surface area contributed by atoms with Gasteiger partial charge in [0.05, 0.1) is 11.2 Å². The van der Waals surface area contributed by atoms with E-state index < -0.39 is 5.54 Å². The number of hydrogen-bond acceptors (Lipinski definition) is 5. The highest BCUT2D eigenvalue weighted by Crippen LogP contribution is 2.36. The van der Waals surface area contributed by atoms with Gasteiger partial charge in [-0.25, -0.2) is 4.98 Å². The SMILES string of the molecule is CC(C)(N)c1nc(-c2ccc3c(c2)OCO3)cs1. The highest BCUT2D eigenvalue weighted by molar-refractivity contribution is 7.10. The Morgan fingerprint density at radius 3 is 2.78 bits per heavy atom. The zero-order valence-electron chi connectivity index (χ0n) is 10.3. The number of nitrogens with two attached hydrogens (primary N) is 1. The third-order valence-corrected chi connectivity index (χ3v) is 3.91. The highest BCUT2D eigenvalue weighted by Gasteiger charge is 2.20. The summed E-state index contributed by atoms with van der Waals surface area (Å²) in [7, 11) is 0. The van der Waals surface area contributed by atoms with Crippen LogP contribution in [0.4, 0.5) is 0 Å². The zero-order chi connectivity index (χ0) is 12.8. The molecule has 0 unspecified atom stereocenters. The summed E-state index contributed by atoms with van der Waals surface area (Å²) in [5.74, 6) is 1.56. The van der Waals surface area contributed by atoms with Crippen molar-refractivity contribution in [2.75, 3.05) is 6.79 Å². The van der Waals surface area contributed by atoms with E-state index >= 15 is 0 Å². The lowest BCUT2D eigenvalue weighted by Crippen LogP contribution is -2.28. The van der Waals surface area contributed by atoms with Crippen molar-refractivity contribution in [3.05, 3.63) is 28.6 Å². The molecule has 2 N–H and O–H groups in total. The summed E-state index contributed by atoms with van der Waals surface area (Å²) in [4.78, 5) is 4.57. The van der Waals surface area contributed by atoms with E-state index in [9.17, 15) is 0 Å². The normalized spacial score (nSPS) is 13.9. The largest absolute Gasteiger partial charge is 0.454 e. The second kappa shape index (κ2) is 3.96. The molecule has 1 aromatic heterocycles. The number of ether oxygens (including phenoxy) is 2. The van der Waals surface area contributed by atoms with Crippen molar-refractivity contribution in [3.63, 3.8) is 0 Å². The maximum absolute atomic E-state index is 6.04. The molecule has 0 spiro atoms. The average Bonchev–Trinajstić information content (AvgIpc) is 2.96. The van der Waals surface area contributed by atoms with Crippen molar-refractivity contribution in [2.24, 2.45) is 5.73 Å². The Labute approximate surface area is 109 Å². The fraction of sp³-hybridized carbons (Fsp3) is 0.308. The second-order valence-corrected chi connectivity index (χ2v) is 5.69. The number of aromatic nitrogens is 1. The maximum atomic E-state index is 6.04. The number of thiazole rings is 1. The molecular weight excluding hydrogens is 248 g/mol. The maximum Gasteiger partial charge on any atom is 0.231 e. The summed E-state index contributed by atoms with van der Waals surface area (Å²) >= 11 is 1.58. The topological polar surface area (TPSA) is 57.4 Å². The quantitative estimate of drug-likeness (QED) is 0.904. The summed E-state index contributed by atoms with van der Waals surface area (Å²) in [5.41, 5.74) is 7.58. The minimum atomic E-state index is -0.404. The fourth-order valence-electron chi connectivity index (χ4n) is 1.76. The van der Waals surface area contributed by atoms with E-state index in [2.05, 4.69) is 4.98 Å². The van der Waals surface area contributed by atoms with Gasteiger partial charge in [-0.05, 0) is 32.0 Å². The Morgan fingerprint density at radius 1 is 1.28 bits per heavy atom. The molecule has 2 aromatic rings. The van der Waals surface area contributed by atoms with Crippen LogP contribution in [0.5, 0.6) is 11.5 Å². The van der Waals surface area contributed by atoms with Crippen LogP contribution in [0.1, 0.15) is 18.9 Å². The van der Waals surface area contributed by atoms with E-state index in [1.807, 2.05) is 37.4 Å². The molecule has 0 fully saturated rings. The van der Waals surface area contributed by atoms with Crippen LogP contribution < -0.4 is 15.2 Å². The first kappa shape index (κ1) is 11.5. The number of benzene rings is 1. The molecule has 94 valence electrons. The number of fused-ring (bicyclic) bond motifs is 1. The monoisotopic (exact) mass is 262 g/mol. The molecule has 3 rings (SSSR count). The third kappa shape index (κ3) is 1.95. The van der Waals surface area contributed by atoms with Crippen LogP contribution in [0.25, 0.3) is 11.3 Å². The summed E-state index contributed by atoms with van der Waals surface area (Å²) in [6, 6.07) is 5.84. The van der Waals surface area contributed by atoms with Gasteiger partial charge in [0, 0.05) is 10.9 Å². The number of hydrogen-bond donors (Lipinski definition) is 1. The van der Waals surface area contributed by atoms with E-state index in [1.54, 1.807) is 11.3 Å². The van der Waals surface area contributed by atoms with Gasteiger partial charge in [0.2, 0.25) is 6.79 Å². The van der Waals surface area contributed by atoms with E-state index in [4.69, 9.17) is 15.2 Å². The van der Waals surface area contributed by atoms with Crippen LogP contribution in [-0.2, 0) is 5.54 Å². The molecule has 0 amide bonds. The summed E-state index contributed by atoms with van der Waals surface area (Å²) in [5, 5.41) is 2.94. The summed E-state index contributed by atoms with van der Waals surface area (Å²) < 4.78 is 10.7. The molecule has 0 radical (unpaired) electrons. The van der Waals surface area contributed by atoms with Crippen molar-refractivity contribution in [1.82, 2.24) is 4.98 Å². The van der Waals surface area contributed by atoms with Crippen LogP contribution in [0.15, 0.2) is 23.6 Å². The van der Waals surface area contributed by atoms with E-state index in [0.717, 1.165) is 27.8 Å². The summed E-state index contributed by atoms with van der Waals surface area (Å²) in [6.07, 6.45) is 0. The molecule has 2 heterocycles. The molecule has 18 heavy (non-hydrogen) atoms. The first-order valence-electron chi connectivity index (χ1n) is 5.69. The standard InChI is InChI=1S/C13H14N2O2S/c1-13(2,14)12-15-9(6-18-12)8-3-4-10-11(5-8)17-7-16-10/h3-6H,7,14H2,1-2H3. The lowest BCUT2D eigenvalue weighted by atomic mass is 10.1. The first-order valence-corrected chi connectivity index (χ1v) is 6.57. The molecule has 0 atom stereocenters. The molecule has 1 aliphatic rings. The smallest absolute Gasteiger partial charge is 0.231 e. The molecule has 0 saturated carbocycles. The van der Waals surface area contributed by atoms with Gasteiger partial charge in [0.25, 0.3) is 0 Å².